The first-order chi connectivity index (χ1) is 9.83. The largest absolute Gasteiger partial charge is 0.326 e. The molecule has 2 rings (SSSR count). The van der Waals surface area contributed by atoms with Crippen molar-refractivity contribution in [2.24, 2.45) is 5.73 Å². The molecule has 114 valence electrons. The molecule has 0 saturated heterocycles. The summed E-state index contributed by atoms with van der Waals surface area (Å²) >= 11 is 1.21. The van der Waals surface area contributed by atoms with Crippen LogP contribution in [0.3, 0.4) is 0 Å². The maximum atomic E-state index is 13.4. The molecule has 1 heterocycles. The first-order valence-corrected chi connectivity index (χ1v) is 8.66. The van der Waals surface area contributed by atoms with Gasteiger partial charge >= 0.3 is 0 Å². The van der Waals surface area contributed by atoms with Gasteiger partial charge in [-0.25, -0.2) is 17.8 Å². The van der Waals surface area contributed by atoms with Gasteiger partial charge in [0.15, 0.2) is 5.13 Å². The van der Waals surface area contributed by atoms with E-state index in [1.807, 2.05) is 13.8 Å². The number of nitrogens with two attached hydrogens (primary N) is 1. The third kappa shape index (κ3) is 3.58. The first-order valence-electron chi connectivity index (χ1n) is 6.30. The highest BCUT2D eigenvalue weighted by molar-refractivity contribution is 7.93. The van der Waals surface area contributed by atoms with Crippen molar-refractivity contribution in [2.45, 2.75) is 31.2 Å². The van der Waals surface area contributed by atoms with Crippen molar-refractivity contribution in [1.29, 1.82) is 0 Å². The minimum absolute atomic E-state index is 0.0364. The molecule has 8 heteroatoms. The fourth-order valence-electron chi connectivity index (χ4n) is 1.65. The van der Waals surface area contributed by atoms with Crippen LogP contribution in [0, 0.1) is 5.82 Å². The van der Waals surface area contributed by atoms with Crippen molar-refractivity contribution >= 4 is 26.5 Å². The summed E-state index contributed by atoms with van der Waals surface area (Å²) in [7, 11) is -3.80. The Morgan fingerprint density at radius 1 is 1.43 bits per heavy atom. The lowest BCUT2D eigenvalue weighted by molar-refractivity contribution is 0.596. The third-order valence-electron chi connectivity index (χ3n) is 2.88. The zero-order valence-corrected chi connectivity index (χ0v) is 13.3. The number of thiazole rings is 1. The van der Waals surface area contributed by atoms with Crippen molar-refractivity contribution in [2.75, 3.05) is 4.72 Å². The number of sulfonamides is 1. The molecular formula is C13H16FN3O2S2. The Hall–Kier alpha value is -1.51. The van der Waals surface area contributed by atoms with Crippen LogP contribution in [0.4, 0.5) is 9.52 Å². The zero-order chi connectivity index (χ0) is 15.6. The van der Waals surface area contributed by atoms with Gasteiger partial charge in [0.2, 0.25) is 0 Å². The summed E-state index contributed by atoms with van der Waals surface area (Å²) in [6.45, 7) is 3.88. The zero-order valence-electron chi connectivity index (χ0n) is 11.6. The molecule has 0 aliphatic rings. The summed E-state index contributed by atoms with van der Waals surface area (Å²) in [5.41, 5.74) is 6.36. The summed E-state index contributed by atoms with van der Waals surface area (Å²) in [6, 6.07) is 3.53. The highest BCUT2D eigenvalue weighted by Gasteiger charge is 2.18. The summed E-state index contributed by atoms with van der Waals surface area (Å²) in [6.07, 6.45) is 0. The topological polar surface area (TPSA) is 85.1 Å². The van der Waals surface area contributed by atoms with Crippen LogP contribution < -0.4 is 10.5 Å². The first kappa shape index (κ1) is 15.9. The number of nitrogens with one attached hydrogen (secondary N) is 1. The van der Waals surface area contributed by atoms with E-state index >= 15 is 0 Å². The van der Waals surface area contributed by atoms with Crippen molar-refractivity contribution in [3.05, 3.63) is 40.7 Å². The number of nitrogens with zero attached hydrogens (tertiary/aromatic N) is 1. The number of hydrogen-bond donors (Lipinski definition) is 2. The van der Waals surface area contributed by atoms with Gasteiger partial charge in [0.1, 0.15) is 5.82 Å². The minimum atomic E-state index is -3.80. The van der Waals surface area contributed by atoms with Gasteiger partial charge in [-0.05, 0) is 24.1 Å². The van der Waals surface area contributed by atoms with Gasteiger partial charge in [0, 0.05) is 17.5 Å². The number of aromatic nitrogens is 1. The van der Waals surface area contributed by atoms with E-state index in [0.717, 1.165) is 11.8 Å². The number of hydrogen-bond acceptors (Lipinski definition) is 5. The molecule has 0 aliphatic carbocycles. The molecule has 0 atom stereocenters. The Kier molecular flexibility index (Phi) is 4.60. The molecule has 21 heavy (non-hydrogen) atoms. The molecule has 5 nitrogen and oxygen atoms in total. The van der Waals surface area contributed by atoms with E-state index in [1.54, 1.807) is 5.38 Å². The number of halogens is 1. The van der Waals surface area contributed by atoms with Crippen LogP contribution in [0.25, 0.3) is 0 Å². The lowest BCUT2D eigenvalue weighted by Gasteiger charge is -2.07. The molecule has 0 fully saturated rings. The molecule has 1 aromatic heterocycles. The molecule has 1 aromatic carbocycles. The molecule has 0 saturated carbocycles. The molecular weight excluding hydrogens is 313 g/mol. The van der Waals surface area contributed by atoms with E-state index < -0.39 is 15.8 Å². The lowest BCUT2D eigenvalue weighted by atomic mass is 10.2. The molecule has 0 unspecified atom stereocenters. The summed E-state index contributed by atoms with van der Waals surface area (Å²) < 4.78 is 40.3. The second-order valence-electron chi connectivity index (χ2n) is 4.80. The predicted molar refractivity (Wildman–Crippen MR) is 81.3 cm³/mol. The van der Waals surface area contributed by atoms with E-state index in [-0.39, 0.29) is 28.1 Å². The van der Waals surface area contributed by atoms with E-state index in [0.29, 0.717) is 0 Å². The molecule has 2 aromatic rings. The van der Waals surface area contributed by atoms with Crippen molar-refractivity contribution < 1.29 is 12.8 Å². The van der Waals surface area contributed by atoms with Crippen LogP contribution in [0.2, 0.25) is 0 Å². The molecule has 0 aliphatic heterocycles. The smallest absolute Gasteiger partial charge is 0.263 e. The minimum Gasteiger partial charge on any atom is -0.326 e. The second kappa shape index (κ2) is 6.08. The fraction of sp³-hybridized carbons (Fsp3) is 0.308. The van der Waals surface area contributed by atoms with E-state index in [4.69, 9.17) is 5.73 Å². The van der Waals surface area contributed by atoms with Crippen molar-refractivity contribution in [3.63, 3.8) is 0 Å². The van der Waals surface area contributed by atoms with Crippen LogP contribution in [-0.4, -0.2) is 13.4 Å². The quantitative estimate of drug-likeness (QED) is 0.883. The van der Waals surface area contributed by atoms with Gasteiger partial charge in [-0.3, -0.25) is 4.72 Å². The van der Waals surface area contributed by atoms with Crippen LogP contribution in [0.5, 0.6) is 0 Å². The normalized spacial score (nSPS) is 11.9. The molecule has 3 N–H and O–H groups in total. The van der Waals surface area contributed by atoms with E-state index in [9.17, 15) is 12.8 Å². The van der Waals surface area contributed by atoms with Gasteiger partial charge < -0.3 is 5.73 Å². The summed E-state index contributed by atoms with van der Waals surface area (Å²) in [5.74, 6) is -0.304. The predicted octanol–water partition coefficient (Wildman–Crippen LogP) is 2.67. The second-order valence-corrected chi connectivity index (χ2v) is 7.34. The summed E-state index contributed by atoms with van der Waals surface area (Å²) in [4.78, 5) is 4.17. The SMILES string of the molecule is CC(C)c1csc(NS(=O)(=O)c2ccc(F)c(CN)c2)n1. The van der Waals surface area contributed by atoms with Crippen LogP contribution >= 0.6 is 11.3 Å². The van der Waals surface area contributed by atoms with Crippen LogP contribution in [-0.2, 0) is 16.6 Å². The molecule has 0 amide bonds. The monoisotopic (exact) mass is 329 g/mol. The standard InChI is InChI=1S/C13H16FN3O2S2/c1-8(2)12-7-20-13(16-12)17-21(18,19)10-3-4-11(14)9(5-10)6-15/h3-5,7-8H,6,15H2,1-2H3,(H,16,17). The highest BCUT2D eigenvalue weighted by Crippen LogP contribution is 2.24. The van der Waals surface area contributed by atoms with Crippen LogP contribution in [0.15, 0.2) is 28.5 Å². The summed E-state index contributed by atoms with van der Waals surface area (Å²) in [5, 5.41) is 2.09. The average Bonchev–Trinajstić information content (AvgIpc) is 2.87. The van der Waals surface area contributed by atoms with E-state index in [1.165, 1.54) is 23.5 Å². The average molecular weight is 329 g/mol. The Bertz CT molecular complexity index is 742. The molecule has 0 bridgehead atoms. The van der Waals surface area contributed by atoms with Gasteiger partial charge in [-0.1, -0.05) is 13.8 Å². The van der Waals surface area contributed by atoms with Crippen LogP contribution in [0.1, 0.15) is 31.0 Å². The van der Waals surface area contributed by atoms with Gasteiger partial charge in [0.05, 0.1) is 10.6 Å². The van der Waals surface area contributed by atoms with Gasteiger partial charge in [-0.15, -0.1) is 11.3 Å². The van der Waals surface area contributed by atoms with Crippen molar-refractivity contribution in [3.8, 4) is 0 Å². The molecule has 0 spiro atoms. The Morgan fingerprint density at radius 3 is 2.71 bits per heavy atom. The fourth-order valence-corrected chi connectivity index (χ4v) is 3.82. The molecule has 0 radical (unpaired) electrons. The third-order valence-corrected chi connectivity index (χ3v) is 5.12. The van der Waals surface area contributed by atoms with Crippen molar-refractivity contribution in [1.82, 2.24) is 4.98 Å². The number of benzene rings is 1. The maximum absolute atomic E-state index is 13.4. The number of anilines is 1. The highest BCUT2D eigenvalue weighted by atomic mass is 32.2. The van der Waals surface area contributed by atoms with E-state index in [2.05, 4.69) is 9.71 Å². The Labute approximate surface area is 127 Å². The maximum Gasteiger partial charge on any atom is 0.263 e. The Balaban J connectivity index is 2.29. The lowest BCUT2D eigenvalue weighted by Crippen LogP contribution is -2.14. The number of rotatable bonds is 5. The Morgan fingerprint density at radius 2 is 2.14 bits per heavy atom. The van der Waals surface area contributed by atoms with Gasteiger partial charge in [0.25, 0.3) is 10.0 Å². The van der Waals surface area contributed by atoms with Gasteiger partial charge in [-0.2, -0.15) is 0 Å².